The Bertz CT molecular complexity index is 1220. The van der Waals surface area contributed by atoms with Crippen LogP contribution in [0.2, 0.25) is 0 Å². The lowest BCUT2D eigenvalue weighted by Gasteiger charge is -2.18. The van der Waals surface area contributed by atoms with Gasteiger partial charge in [0, 0.05) is 23.1 Å². The lowest BCUT2D eigenvalue weighted by Crippen LogP contribution is -2.33. The molecule has 45 heavy (non-hydrogen) atoms. The maximum atomic E-state index is 12.5. The number of unbranched alkanes of at least 4 members (excludes halogenated alkanes) is 17. The highest BCUT2D eigenvalue weighted by Gasteiger charge is 2.40. The molecule has 0 aromatic carbocycles. The predicted octanol–water partition coefficient (Wildman–Crippen LogP) is 8.19. The summed E-state index contributed by atoms with van der Waals surface area (Å²) in [7, 11) is -4.78. The van der Waals surface area contributed by atoms with Gasteiger partial charge in [0.15, 0.2) is 0 Å². The number of hydrogen-bond acceptors (Lipinski definition) is 8. The number of rotatable bonds is 25. The second kappa shape index (κ2) is 22.2. The van der Waals surface area contributed by atoms with Gasteiger partial charge in [0.1, 0.15) is 6.23 Å². The van der Waals surface area contributed by atoms with Crippen LogP contribution in [0.4, 0.5) is 4.79 Å². The summed E-state index contributed by atoms with van der Waals surface area (Å²) in [6, 6.07) is -0.838. The smallest absolute Gasteiger partial charge is 0.435 e. The number of hydrogen-bond donors (Lipinski definition) is 2. The Morgan fingerprint density at radius 1 is 1.00 bits per heavy atom. The fraction of sp³-hybridized carbons (Fsp3) is 0.839. The van der Waals surface area contributed by atoms with E-state index < -0.39 is 49.5 Å². The van der Waals surface area contributed by atoms with Crippen molar-refractivity contribution in [2.45, 2.75) is 154 Å². The summed E-state index contributed by atoms with van der Waals surface area (Å²) < 4.78 is 29.3. The van der Waals surface area contributed by atoms with Gasteiger partial charge in [0.05, 0.1) is 25.4 Å². The van der Waals surface area contributed by atoms with Crippen LogP contribution in [0.15, 0.2) is 20.9 Å². The molecule has 2 rings (SSSR count). The first kappa shape index (κ1) is 38.8. The van der Waals surface area contributed by atoms with E-state index in [2.05, 4.69) is 21.9 Å². The monoisotopic (exact) mass is 655 g/mol. The summed E-state index contributed by atoms with van der Waals surface area (Å²) in [5.74, 6) is 0. The Morgan fingerprint density at radius 3 is 2.02 bits per heavy atom. The van der Waals surface area contributed by atoms with E-state index in [4.69, 9.17) is 19.5 Å². The van der Waals surface area contributed by atoms with E-state index in [1.54, 1.807) is 0 Å². The largest absolute Gasteiger partial charge is 0.457 e. The van der Waals surface area contributed by atoms with Crippen molar-refractivity contribution in [3.8, 4) is 0 Å². The number of aromatic amines is 1. The zero-order chi connectivity index (χ0) is 32.9. The van der Waals surface area contributed by atoms with Crippen molar-refractivity contribution < 1.29 is 28.3 Å². The van der Waals surface area contributed by atoms with Gasteiger partial charge in [-0.2, -0.15) is 0 Å². The lowest BCUT2D eigenvalue weighted by atomic mass is 10.0. The molecule has 2 N–H and O–H groups in total. The van der Waals surface area contributed by atoms with Crippen LogP contribution in [0.5, 0.6) is 0 Å². The Labute approximate surface area is 266 Å². The minimum Gasteiger partial charge on any atom is -0.457 e. The lowest BCUT2D eigenvalue weighted by molar-refractivity contribution is -0.0239. The summed E-state index contributed by atoms with van der Waals surface area (Å²) in [6.45, 7) is 3.25. The van der Waals surface area contributed by atoms with Crippen molar-refractivity contribution >= 4 is 13.3 Å². The number of azide groups is 1. The molecular weight excluding hydrogens is 601 g/mol. The number of nitrogens with zero attached hydrogens (tertiary/aromatic N) is 4. The molecule has 2 unspecified atom stereocenters. The van der Waals surface area contributed by atoms with Crippen LogP contribution >= 0.6 is 7.60 Å². The first-order valence-corrected chi connectivity index (χ1v) is 18.4. The zero-order valence-corrected chi connectivity index (χ0v) is 28.1. The first-order valence-electron chi connectivity index (χ1n) is 16.9. The fourth-order valence-corrected chi connectivity index (χ4v) is 6.20. The Kier molecular flexibility index (Phi) is 19.1. The van der Waals surface area contributed by atoms with Crippen LogP contribution in [0.1, 0.15) is 141 Å². The Hall–Kier alpha value is -2.43. The second-order valence-corrected chi connectivity index (χ2v) is 13.7. The molecule has 0 bridgehead atoms. The van der Waals surface area contributed by atoms with Crippen LogP contribution in [-0.2, 0) is 18.6 Å². The predicted molar refractivity (Wildman–Crippen MR) is 173 cm³/mol. The molecular formula is C31H54N5O8P. The van der Waals surface area contributed by atoms with Crippen molar-refractivity contribution in [2.24, 2.45) is 5.11 Å². The summed E-state index contributed by atoms with van der Waals surface area (Å²) >= 11 is 0. The van der Waals surface area contributed by atoms with E-state index in [1.165, 1.54) is 103 Å². The molecule has 14 heteroatoms. The maximum absolute atomic E-state index is 12.5. The Morgan fingerprint density at radius 2 is 1.51 bits per heavy atom. The standard InChI is InChI=1S/C31H54N5O8P/c1-3-4-5-6-7-8-9-10-11-12-13-14-15-16-17-18-19-20-21-42-31(39)45(40,41)43-24-27-26(34-35-32)22-28(44-27)36-23-25(2)29(37)33-30(36)38/h23,26-28H,3-22,24H2,1-2H3,(H,40,41)(H,33,37,38)/t26?,27-,28-/m1/s1. The Balaban J connectivity index is 1.53. The van der Waals surface area contributed by atoms with Crippen LogP contribution < -0.4 is 11.2 Å². The molecule has 1 aromatic rings. The first-order chi connectivity index (χ1) is 21.7. The fourth-order valence-electron chi connectivity index (χ4n) is 5.50. The molecule has 256 valence electrons. The van der Waals surface area contributed by atoms with Gasteiger partial charge in [-0.25, -0.2) is 14.2 Å². The molecule has 1 fully saturated rings. The number of nitrogens with one attached hydrogen (secondary N) is 1. The van der Waals surface area contributed by atoms with Crippen LogP contribution in [0, 0.1) is 6.92 Å². The van der Waals surface area contributed by atoms with Gasteiger partial charge in [0.25, 0.3) is 5.56 Å². The summed E-state index contributed by atoms with van der Waals surface area (Å²) in [5.41, 5.74) is 6.58. The zero-order valence-electron chi connectivity index (χ0n) is 27.2. The molecule has 2 heterocycles. The minimum absolute atomic E-state index is 0.0172. The number of H-pyrrole nitrogens is 1. The molecule has 4 atom stereocenters. The van der Waals surface area contributed by atoms with Gasteiger partial charge in [-0.05, 0) is 18.9 Å². The highest BCUT2D eigenvalue weighted by molar-refractivity contribution is 7.70. The maximum Gasteiger partial charge on any atom is 0.435 e. The van der Waals surface area contributed by atoms with Crippen LogP contribution in [0.3, 0.4) is 0 Å². The van der Waals surface area contributed by atoms with Gasteiger partial charge < -0.3 is 14.4 Å². The molecule has 1 aromatic heterocycles. The van der Waals surface area contributed by atoms with E-state index in [0.717, 1.165) is 23.8 Å². The summed E-state index contributed by atoms with van der Waals surface area (Å²) in [5, 5.41) is 3.63. The van der Waals surface area contributed by atoms with Crippen molar-refractivity contribution in [1.82, 2.24) is 9.55 Å². The third kappa shape index (κ3) is 15.1. The van der Waals surface area contributed by atoms with Gasteiger partial charge in [-0.3, -0.25) is 18.9 Å². The normalized spacial score (nSPS) is 19.2. The van der Waals surface area contributed by atoms with Crippen LogP contribution in [-0.4, -0.2) is 45.5 Å². The van der Waals surface area contributed by atoms with Crippen molar-refractivity contribution in [3.63, 3.8) is 0 Å². The number of ether oxygens (including phenoxy) is 2. The molecule has 13 nitrogen and oxygen atoms in total. The van der Waals surface area contributed by atoms with Gasteiger partial charge >= 0.3 is 19.0 Å². The average molecular weight is 656 g/mol. The molecule has 0 aliphatic carbocycles. The molecule has 0 radical (unpaired) electrons. The average Bonchev–Trinajstić information content (AvgIpc) is 3.41. The van der Waals surface area contributed by atoms with Crippen molar-refractivity contribution in [2.75, 3.05) is 13.2 Å². The number of carbonyl (C=O) groups excluding carboxylic acids is 1. The highest BCUT2D eigenvalue weighted by atomic mass is 31.2. The van der Waals surface area contributed by atoms with Gasteiger partial charge in [-0.1, -0.05) is 121 Å². The van der Waals surface area contributed by atoms with E-state index in [9.17, 15) is 23.8 Å². The molecule has 1 aliphatic rings. The quantitative estimate of drug-likeness (QED) is 0.0347. The van der Waals surface area contributed by atoms with Gasteiger partial charge in [-0.15, -0.1) is 0 Å². The molecule has 1 saturated heterocycles. The molecule has 0 saturated carbocycles. The second-order valence-electron chi connectivity index (χ2n) is 12.1. The SMILES string of the molecule is CCCCCCCCCCCCCCCCCCCCOC(=O)P(=O)(O)OC[C@H]1O[C@@H](n2cc(C)c(=O)[nH]c2=O)CC1N=[N+]=[N-]. The molecule has 1 aliphatic heterocycles. The molecule has 0 amide bonds. The van der Waals surface area contributed by atoms with Crippen molar-refractivity contribution in [1.29, 1.82) is 0 Å². The van der Waals surface area contributed by atoms with E-state index in [1.807, 2.05) is 0 Å². The number of aromatic nitrogens is 2. The van der Waals surface area contributed by atoms with Crippen LogP contribution in [0.25, 0.3) is 10.4 Å². The number of aryl methyl sites for hydroxylation is 1. The van der Waals surface area contributed by atoms with E-state index >= 15 is 0 Å². The third-order valence-electron chi connectivity index (χ3n) is 8.23. The van der Waals surface area contributed by atoms with E-state index in [0.29, 0.717) is 6.42 Å². The van der Waals surface area contributed by atoms with Crippen molar-refractivity contribution in [3.05, 3.63) is 43.0 Å². The van der Waals surface area contributed by atoms with Gasteiger partial charge in [0.2, 0.25) is 0 Å². The third-order valence-corrected chi connectivity index (χ3v) is 9.32. The topological polar surface area (TPSA) is 186 Å². The highest BCUT2D eigenvalue weighted by Crippen LogP contribution is 2.45. The summed E-state index contributed by atoms with van der Waals surface area (Å²) in [6.07, 6.45) is 21.7. The minimum atomic E-state index is -4.78. The van der Waals surface area contributed by atoms with E-state index in [-0.39, 0.29) is 18.6 Å². The summed E-state index contributed by atoms with van der Waals surface area (Å²) in [4.78, 5) is 51.1. The molecule has 0 spiro atoms. The number of carbonyl (C=O) groups is 1.